The van der Waals surface area contributed by atoms with Gasteiger partial charge in [0.15, 0.2) is 0 Å². The molecule has 3 aromatic rings. The summed E-state index contributed by atoms with van der Waals surface area (Å²) in [6, 6.07) is 20.7. The second-order valence-electron chi connectivity index (χ2n) is 8.11. The Bertz CT molecular complexity index is 948. The van der Waals surface area contributed by atoms with Crippen LogP contribution in [0.25, 0.3) is 0 Å². The molecule has 162 valence electrons. The summed E-state index contributed by atoms with van der Waals surface area (Å²) in [5.74, 6) is 0.835. The van der Waals surface area contributed by atoms with Crippen LogP contribution in [0.4, 0.5) is 0 Å². The lowest BCUT2D eigenvalue weighted by Gasteiger charge is -2.30. The predicted octanol–water partition coefficient (Wildman–Crippen LogP) is 3.21. The van der Waals surface area contributed by atoms with Crippen molar-refractivity contribution in [1.29, 1.82) is 0 Å². The third-order valence-corrected chi connectivity index (χ3v) is 5.74. The van der Waals surface area contributed by atoms with E-state index < -0.39 is 6.10 Å². The van der Waals surface area contributed by atoms with E-state index >= 15 is 0 Å². The Morgan fingerprint density at radius 3 is 2.65 bits per heavy atom. The molecule has 0 bridgehead atoms. The van der Waals surface area contributed by atoms with Crippen molar-refractivity contribution in [1.82, 2.24) is 15.2 Å². The number of benzene rings is 2. The number of hydrogen-bond donors (Lipinski definition) is 2. The van der Waals surface area contributed by atoms with Gasteiger partial charge < -0.3 is 15.2 Å². The molecule has 1 aliphatic heterocycles. The van der Waals surface area contributed by atoms with Crippen molar-refractivity contribution in [3.05, 3.63) is 95.3 Å². The summed E-state index contributed by atoms with van der Waals surface area (Å²) in [4.78, 5) is 6.36. The van der Waals surface area contributed by atoms with Crippen molar-refractivity contribution >= 4 is 0 Å². The number of β-amino-alcohol motifs (C(OH)–C–C–N with tert-alkyl or cyclic N) is 1. The highest BCUT2D eigenvalue weighted by Gasteiger charge is 2.19. The Labute approximate surface area is 184 Å². The Morgan fingerprint density at radius 1 is 1.00 bits per heavy atom. The third-order valence-electron chi connectivity index (χ3n) is 5.74. The van der Waals surface area contributed by atoms with Crippen LogP contribution in [0.3, 0.4) is 0 Å². The molecule has 1 aromatic heterocycles. The van der Waals surface area contributed by atoms with Gasteiger partial charge in [0, 0.05) is 44.1 Å². The predicted molar refractivity (Wildman–Crippen MR) is 123 cm³/mol. The Kier molecular flexibility index (Phi) is 7.66. The highest BCUT2D eigenvalue weighted by Crippen LogP contribution is 2.20. The quantitative estimate of drug-likeness (QED) is 0.496. The molecule has 0 spiro atoms. The van der Waals surface area contributed by atoms with Crippen LogP contribution in [0, 0.1) is 0 Å². The average molecular weight is 418 g/mol. The van der Waals surface area contributed by atoms with Gasteiger partial charge in [-0.15, -0.1) is 0 Å². The van der Waals surface area contributed by atoms with Crippen LogP contribution < -0.4 is 10.1 Å². The summed E-state index contributed by atoms with van der Waals surface area (Å²) in [6.45, 7) is 4.42. The summed E-state index contributed by atoms with van der Waals surface area (Å²) >= 11 is 0. The molecule has 0 saturated heterocycles. The van der Waals surface area contributed by atoms with E-state index in [1.54, 1.807) is 0 Å². The highest BCUT2D eigenvalue weighted by molar-refractivity contribution is 5.33. The zero-order valence-electron chi connectivity index (χ0n) is 17.9. The molecule has 1 atom stereocenters. The van der Waals surface area contributed by atoms with Crippen LogP contribution in [-0.4, -0.2) is 47.3 Å². The second-order valence-corrected chi connectivity index (χ2v) is 8.11. The number of pyridine rings is 1. The molecular formula is C26H31N3O2. The maximum Gasteiger partial charge on any atom is 0.123 e. The number of ether oxygens (including phenoxy) is 1. The molecule has 2 heterocycles. The molecule has 0 radical (unpaired) electrons. The Hall–Kier alpha value is -2.73. The zero-order valence-corrected chi connectivity index (χ0v) is 17.9. The van der Waals surface area contributed by atoms with Crippen molar-refractivity contribution in [2.75, 3.05) is 26.2 Å². The van der Waals surface area contributed by atoms with Crippen LogP contribution in [0.15, 0.2) is 73.1 Å². The number of fused-ring (bicyclic) bond motifs is 1. The lowest BCUT2D eigenvalue weighted by molar-refractivity contribution is 0.0634. The standard InChI is InChI=1S/C26H31N3O2/c30-25(19-29-16-12-22-5-1-2-7-24(22)18-29)20-31-26-8-4-3-6-23(26)17-28-15-11-21-9-13-27-14-10-21/h1-10,13-14,25,28,30H,11-12,15-20H2/t25-/m0/s1. The van der Waals surface area contributed by atoms with E-state index in [0.717, 1.165) is 50.3 Å². The number of aliphatic hydroxyl groups is 1. The highest BCUT2D eigenvalue weighted by atomic mass is 16.5. The number of hydrogen-bond acceptors (Lipinski definition) is 5. The fourth-order valence-electron chi connectivity index (χ4n) is 4.04. The SMILES string of the molecule is O[C@H](COc1ccccc1CNCCc1ccncc1)CN1CCc2ccccc2C1. The van der Waals surface area contributed by atoms with Gasteiger partial charge in [-0.3, -0.25) is 9.88 Å². The lowest BCUT2D eigenvalue weighted by atomic mass is 10.00. The molecule has 2 N–H and O–H groups in total. The van der Waals surface area contributed by atoms with Crippen molar-refractivity contribution < 1.29 is 9.84 Å². The van der Waals surface area contributed by atoms with E-state index in [2.05, 4.69) is 45.5 Å². The molecule has 5 heteroatoms. The molecule has 0 saturated carbocycles. The van der Waals surface area contributed by atoms with Crippen LogP contribution in [0.5, 0.6) is 5.75 Å². The lowest BCUT2D eigenvalue weighted by Crippen LogP contribution is -2.38. The number of nitrogens with zero attached hydrogens (tertiary/aromatic N) is 2. The number of aliphatic hydroxyl groups excluding tert-OH is 1. The van der Waals surface area contributed by atoms with Gasteiger partial charge in [0.05, 0.1) is 0 Å². The van der Waals surface area contributed by atoms with E-state index in [-0.39, 0.29) is 0 Å². The maximum absolute atomic E-state index is 10.6. The zero-order chi connectivity index (χ0) is 21.3. The monoisotopic (exact) mass is 417 g/mol. The van der Waals surface area contributed by atoms with E-state index in [9.17, 15) is 5.11 Å². The van der Waals surface area contributed by atoms with Crippen molar-refractivity contribution in [2.24, 2.45) is 0 Å². The van der Waals surface area contributed by atoms with Gasteiger partial charge in [-0.2, -0.15) is 0 Å². The molecule has 5 nitrogen and oxygen atoms in total. The topological polar surface area (TPSA) is 57.6 Å². The average Bonchev–Trinajstić information content (AvgIpc) is 2.82. The van der Waals surface area contributed by atoms with Crippen LogP contribution >= 0.6 is 0 Å². The maximum atomic E-state index is 10.6. The number of nitrogens with one attached hydrogen (secondary N) is 1. The van der Waals surface area contributed by atoms with Gasteiger partial charge in [-0.05, 0) is 54.3 Å². The van der Waals surface area contributed by atoms with E-state index in [4.69, 9.17) is 4.74 Å². The van der Waals surface area contributed by atoms with Crippen molar-refractivity contribution in [2.45, 2.75) is 32.0 Å². The Morgan fingerprint density at radius 2 is 1.77 bits per heavy atom. The summed E-state index contributed by atoms with van der Waals surface area (Å²) in [5.41, 5.74) is 5.17. The minimum Gasteiger partial charge on any atom is -0.491 e. The van der Waals surface area contributed by atoms with Crippen molar-refractivity contribution in [3.63, 3.8) is 0 Å². The van der Waals surface area contributed by atoms with Gasteiger partial charge >= 0.3 is 0 Å². The van der Waals surface area contributed by atoms with Gasteiger partial charge in [-0.1, -0.05) is 42.5 Å². The van der Waals surface area contributed by atoms with E-state index in [1.165, 1.54) is 16.7 Å². The molecule has 2 aromatic carbocycles. The number of aromatic nitrogens is 1. The first kappa shape index (κ1) is 21.5. The summed E-state index contributed by atoms with van der Waals surface area (Å²) in [6.07, 6.45) is 5.14. The largest absolute Gasteiger partial charge is 0.491 e. The number of para-hydroxylation sites is 1. The smallest absolute Gasteiger partial charge is 0.123 e. The van der Waals surface area contributed by atoms with Crippen LogP contribution in [0.2, 0.25) is 0 Å². The first-order chi connectivity index (χ1) is 15.3. The van der Waals surface area contributed by atoms with Crippen LogP contribution in [0.1, 0.15) is 22.3 Å². The van der Waals surface area contributed by atoms with Gasteiger partial charge in [0.25, 0.3) is 0 Å². The molecule has 0 amide bonds. The molecule has 0 unspecified atom stereocenters. The summed E-state index contributed by atoms with van der Waals surface area (Å²) in [5, 5.41) is 14.0. The normalized spacial score (nSPS) is 14.7. The third kappa shape index (κ3) is 6.37. The second kappa shape index (κ2) is 11.0. The molecular weight excluding hydrogens is 386 g/mol. The molecule has 4 rings (SSSR count). The fourth-order valence-corrected chi connectivity index (χ4v) is 4.04. The minimum atomic E-state index is -0.516. The first-order valence-electron chi connectivity index (χ1n) is 11.1. The van der Waals surface area contributed by atoms with E-state index in [1.807, 2.05) is 42.7 Å². The molecule has 0 fully saturated rings. The van der Waals surface area contributed by atoms with Gasteiger partial charge in [0.2, 0.25) is 0 Å². The Balaban J connectivity index is 1.22. The van der Waals surface area contributed by atoms with Crippen LogP contribution in [-0.2, 0) is 25.9 Å². The van der Waals surface area contributed by atoms with Gasteiger partial charge in [-0.25, -0.2) is 0 Å². The molecule has 0 aliphatic carbocycles. The van der Waals surface area contributed by atoms with Crippen molar-refractivity contribution in [3.8, 4) is 5.75 Å². The summed E-state index contributed by atoms with van der Waals surface area (Å²) < 4.78 is 6.00. The fraction of sp³-hybridized carbons (Fsp3) is 0.346. The molecule has 1 aliphatic rings. The minimum absolute atomic E-state index is 0.298. The van der Waals surface area contributed by atoms with Gasteiger partial charge in [0.1, 0.15) is 18.5 Å². The number of rotatable bonds is 10. The molecule has 31 heavy (non-hydrogen) atoms. The van der Waals surface area contributed by atoms with E-state index in [0.29, 0.717) is 13.2 Å². The first-order valence-corrected chi connectivity index (χ1v) is 11.1. The summed E-state index contributed by atoms with van der Waals surface area (Å²) in [7, 11) is 0.